The van der Waals surface area contributed by atoms with E-state index >= 15 is 0 Å². The molecule has 0 spiro atoms. The van der Waals surface area contributed by atoms with Crippen LogP contribution in [0.15, 0.2) is 53.4 Å². The van der Waals surface area contributed by atoms with Gasteiger partial charge >= 0.3 is 0 Å². The van der Waals surface area contributed by atoms with Crippen LogP contribution in [0.2, 0.25) is 0 Å². The van der Waals surface area contributed by atoms with Gasteiger partial charge in [0.2, 0.25) is 0 Å². The van der Waals surface area contributed by atoms with Crippen molar-refractivity contribution in [1.82, 2.24) is 9.80 Å². The maximum Gasteiger partial charge on any atom is 0.161 e. The average molecular weight is 750 g/mol. The van der Waals surface area contributed by atoms with Crippen molar-refractivity contribution in [2.75, 3.05) is 67.5 Å². The maximum atomic E-state index is 11.3. The van der Waals surface area contributed by atoms with Gasteiger partial charge in [-0.05, 0) is 115 Å². The van der Waals surface area contributed by atoms with Gasteiger partial charge in [-0.15, -0.1) is 36.6 Å². The third-order valence-electron chi connectivity index (χ3n) is 10.9. The van der Waals surface area contributed by atoms with Crippen LogP contribution in [0.1, 0.15) is 60.5 Å². The van der Waals surface area contributed by atoms with Crippen LogP contribution in [0.4, 0.5) is 0 Å². The fraction of sp³-hybridized carbons (Fsp3) is 0.538. The molecule has 6 rings (SSSR count). The topological polar surface area (TPSA) is 72.9 Å². The smallest absolute Gasteiger partial charge is 0.161 e. The Morgan fingerprint density at radius 3 is 1.98 bits per heavy atom. The Bertz CT molecular complexity index is 1550. The number of rotatable bonds is 13. The molecule has 1 N–H and O–H groups in total. The van der Waals surface area contributed by atoms with Gasteiger partial charge in [-0.25, -0.2) is 0 Å². The molecule has 8 nitrogen and oxygen atoms in total. The minimum atomic E-state index is -0.620. The van der Waals surface area contributed by atoms with Gasteiger partial charge in [0.05, 0.1) is 28.4 Å². The predicted molar refractivity (Wildman–Crippen MR) is 206 cm³/mol. The number of β-amino-alcohol motifs (C(OH)–C–C–N with tert-alkyl or cyclic N) is 1. The second-order valence-corrected chi connectivity index (χ2v) is 14.3. The van der Waals surface area contributed by atoms with Crippen LogP contribution in [0.25, 0.3) is 0 Å². The van der Waals surface area contributed by atoms with Crippen LogP contribution in [-0.4, -0.2) is 88.5 Å². The highest BCUT2D eigenvalue weighted by molar-refractivity contribution is 7.98. The van der Waals surface area contributed by atoms with E-state index in [1.165, 1.54) is 27.1 Å². The van der Waals surface area contributed by atoms with Crippen molar-refractivity contribution < 1.29 is 28.8 Å². The van der Waals surface area contributed by atoms with Gasteiger partial charge in [0.1, 0.15) is 18.5 Å². The van der Waals surface area contributed by atoms with Crippen LogP contribution in [0, 0.1) is 11.8 Å². The molecule has 3 aromatic rings. The number of benzene rings is 3. The Kier molecular flexibility index (Phi) is 14.7. The number of fused-ring (bicyclic) bond motifs is 4. The van der Waals surface area contributed by atoms with Crippen molar-refractivity contribution in [1.29, 1.82) is 0 Å². The van der Waals surface area contributed by atoms with Gasteiger partial charge < -0.3 is 28.8 Å². The normalized spacial score (nSPS) is 22.1. The van der Waals surface area contributed by atoms with E-state index in [-0.39, 0.29) is 37.5 Å². The molecule has 276 valence electrons. The summed E-state index contributed by atoms with van der Waals surface area (Å²) in [5.41, 5.74) is 5.34. The highest BCUT2D eigenvalue weighted by Gasteiger charge is 2.41. The van der Waals surface area contributed by atoms with Crippen LogP contribution in [0.5, 0.6) is 28.7 Å². The monoisotopic (exact) mass is 748 g/mol. The summed E-state index contributed by atoms with van der Waals surface area (Å²) >= 11 is 1.70. The number of thioether (sulfide) groups is 1. The number of aliphatic hydroxyl groups excluding tert-OH is 1. The molecule has 0 aliphatic carbocycles. The summed E-state index contributed by atoms with van der Waals surface area (Å²) in [6, 6.07) is 17.3. The number of hydrogen-bond donors (Lipinski definition) is 1. The lowest BCUT2D eigenvalue weighted by Gasteiger charge is -2.49. The first kappa shape index (κ1) is 40.2. The lowest BCUT2D eigenvalue weighted by atomic mass is 9.72. The Hall–Kier alpha value is -2.53. The quantitative estimate of drug-likeness (QED) is 0.178. The van der Waals surface area contributed by atoms with Crippen LogP contribution in [0.3, 0.4) is 0 Å². The van der Waals surface area contributed by atoms with Crippen molar-refractivity contribution in [2.45, 2.75) is 62.1 Å². The van der Waals surface area contributed by atoms with Gasteiger partial charge in [-0.2, -0.15) is 0 Å². The van der Waals surface area contributed by atoms with Gasteiger partial charge in [-0.1, -0.05) is 13.3 Å². The summed E-state index contributed by atoms with van der Waals surface area (Å²) in [4.78, 5) is 6.38. The molecule has 0 radical (unpaired) electrons. The van der Waals surface area contributed by atoms with E-state index < -0.39 is 6.10 Å². The summed E-state index contributed by atoms with van der Waals surface area (Å²) < 4.78 is 29.0. The molecule has 3 aromatic carbocycles. The van der Waals surface area contributed by atoms with E-state index in [4.69, 9.17) is 23.7 Å². The summed E-state index contributed by atoms with van der Waals surface area (Å²) in [6.07, 6.45) is 6.61. The van der Waals surface area contributed by atoms with Crippen LogP contribution in [-0.2, 0) is 12.8 Å². The van der Waals surface area contributed by atoms with Gasteiger partial charge in [0.15, 0.2) is 23.0 Å². The zero-order valence-electron chi connectivity index (χ0n) is 30.2. The number of hydrogen-bond acceptors (Lipinski definition) is 9. The van der Waals surface area contributed by atoms with Gasteiger partial charge in [-0.3, -0.25) is 9.80 Å². The molecule has 0 amide bonds. The van der Waals surface area contributed by atoms with E-state index in [0.717, 1.165) is 80.5 Å². The number of nitrogens with zero attached hydrogens (tertiary/aromatic N) is 2. The number of aliphatic hydroxyl groups is 1. The largest absolute Gasteiger partial charge is 0.493 e. The maximum absolute atomic E-state index is 11.3. The minimum Gasteiger partial charge on any atom is -0.493 e. The Balaban J connectivity index is 0.00000281. The second-order valence-electron chi connectivity index (χ2n) is 13.4. The second kappa shape index (κ2) is 18.3. The van der Waals surface area contributed by atoms with Crippen molar-refractivity contribution in [2.24, 2.45) is 11.8 Å². The molecular weight excluding hydrogens is 695 g/mol. The molecule has 0 saturated carbocycles. The van der Waals surface area contributed by atoms with E-state index in [9.17, 15) is 5.11 Å². The van der Waals surface area contributed by atoms with E-state index in [2.05, 4.69) is 59.4 Å². The first-order valence-corrected chi connectivity index (χ1v) is 18.5. The first-order chi connectivity index (χ1) is 23.4. The molecule has 3 aliphatic rings. The molecule has 0 bridgehead atoms. The highest BCUT2D eigenvalue weighted by atomic mass is 35.5. The summed E-state index contributed by atoms with van der Waals surface area (Å²) in [7, 11) is 6.85. The molecule has 50 heavy (non-hydrogen) atoms. The highest BCUT2D eigenvalue weighted by Crippen LogP contribution is 2.49. The number of halogens is 2. The van der Waals surface area contributed by atoms with E-state index in [0.29, 0.717) is 24.4 Å². The van der Waals surface area contributed by atoms with Crippen molar-refractivity contribution in [3.63, 3.8) is 0 Å². The number of ether oxygens (including phenoxy) is 5. The molecule has 11 heteroatoms. The Labute approximate surface area is 315 Å². The third-order valence-corrected chi connectivity index (χ3v) is 11.6. The lowest BCUT2D eigenvalue weighted by Crippen LogP contribution is -2.48. The van der Waals surface area contributed by atoms with Crippen molar-refractivity contribution in [3.8, 4) is 28.7 Å². The molecular formula is C39H54Cl2N2O6S. The number of methoxy groups -OCH3 is 4. The van der Waals surface area contributed by atoms with Gasteiger partial charge in [0, 0.05) is 43.2 Å². The molecule has 1 fully saturated rings. The molecule has 5 atom stereocenters. The molecule has 3 aliphatic heterocycles. The molecule has 0 aromatic heterocycles. The van der Waals surface area contributed by atoms with E-state index in [1.807, 2.05) is 12.1 Å². The SMILES string of the molecule is CC[C@H]1CN2CCc3cc(OC)c(OC)cc3[C@@H]2C[C@@H]1C[C@@H]1c2cc(OC)c(OC)cc2CCN1CC(O)COc1ccc(SC)cc1.Cl.Cl. The third kappa shape index (κ3) is 8.56. The Morgan fingerprint density at radius 1 is 0.800 bits per heavy atom. The first-order valence-electron chi connectivity index (χ1n) is 17.3. The fourth-order valence-corrected chi connectivity index (χ4v) is 8.71. The zero-order valence-corrected chi connectivity index (χ0v) is 32.6. The number of piperidine rings is 1. The van der Waals surface area contributed by atoms with Gasteiger partial charge in [0.25, 0.3) is 0 Å². The van der Waals surface area contributed by atoms with Crippen molar-refractivity contribution in [3.05, 3.63) is 70.8 Å². The Morgan fingerprint density at radius 2 is 1.38 bits per heavy atom. The van der Waals surface area contributed by atoms with E-state index in [1.54, 1.807) is 40.2 Å². The minimum absolute atomic E-state index is 0. The fourth-order valence-electron chi connectivity index (χ4n) is 8.30. The van der Waals surface area contributed by atoms with Crippen molar-refractivity contribution >= 4 is 36.6 Å². The standard InChI is InChI=1S/C39H52N2O6S.2ClH/c1-7-25-22-40-14-12-26-18-36(43-2)38(45-4)20-32(26)34(40)16-28(25)17-35-33-21-39(46-5)37(44-3)19-27(33)13-15-41(35)23-29(42)24-47-30-8-10-31(48-6)11-9-30;;/h8-11,18-21,25,28-29,34-35,42H,7,12-17,22-24H2,1-6H3;2*1H/t25-,28+,29?,34-,35+;;/m0../s1. The summed E-state index contributed by atoms with van der Waals surface area (Å²) in [6.45, 7) is 6.17. The molecule has 3 heterocycles. The molecule has 1 saturated heterocycles. The lowest BCUT2D eigenvalue weighted by molar-refractivity contribution is 0.0139. The summed E-state index contributed by atoms with van der Waals surface area (Å²) in [5.74, 6) is 5.01. The average Bonchev–Trinajstić information content (AvgIpc) is 3.13. The van der Waals surface area contributed by atoms with Crippen LogP contribution >= 0.6 is 36.6 Å². The molecule has 1 unspecified atom stereocenters. The van der Waals surface area contributed by atoms with Crippen LogP contribution < -0.4 is 23.7 Å². The zero-order chi connectivity index (χ0) is 33.8. The summed E-state index contributed by atoms with van der Waals surface area (Å²) in [5, 5.41) is 11.3. The predicted octanol–water partition coefficient (Wildman–Crippen LogP) is 7.66.